The maximum atomic E-state index is 11.1. The maximum Gasteiger partial charge on any atom is 0.328 e. The molecule has 1 heterocycles. The Labute approximate surface area is 114 Å². The van der Waals surface area contributed by atoms with Crippen molar-refractivity contribution in [2.75, 3.05) is 12.4 Å². The molecule has 6 heteroatoms. The summed E-state index contributed by atoms with van der Waals surface area (Å²) in [7, 11) is 0. The summed E-state index contributed by atoms with van der Waals surface area (Å²) in [5.74, 6) is -0.197. The van der Waals surface area contributed by atoms with Crippen molar-refractivity contribution in [1.82, 2.24) is 0 Å². The number of esters is 1. The summed E-state index contributed by atoms with van der Waals surface area (Å²) in [6.45, 7) is 2.17. The van der Waals surface area contributed by atoms with E-state index in [1.165, 1.54) is 11.8 Å². The van der Waals surface area contributed by atoms with Crippen LogP contribution in [0.3, 0.4) is 0 Å². The van der Waals surface area contributed by atoms with E-state index in [2.05, 4.69) is 0 Å². The molecule has 0 aliphatic heterocycles. The fourth-order valence-corrected chi connectivity index (χ4v) is 3.08. The van der Waals surface area contributed by atoms with Gasteiger partial charge in [0.05, 0.1) is 12.4 Å². The Morgan fingerprint density at radius 1 is 1.56 bits per heavy atom. The topological polar surface area (TPSA) is 63.6 Å². The molecule has 1 rings (SSSR count). The molecule has 0 aliphatic carbocycles. The third-order valence-electron chi connectivity index (χ3n) is 1.94. The predicted octanol–water partition coefficient (Wildman–Crippen LogP) is 2.64. The fraction of sp³-hybridized carbons (Fsp3) is 0.333. The van der Waals surface area contributed by atoms with Crippen molar-refractivity contribution in [1.29, 1.82) is 0 Å². The monoisotopic (exact) mass is 286 g/mol. The molecule has 1 aromatic heterocycles. The van der Waals surface area contributed by atoms with Gasteiger partial charge in [-0.15, -0.1) is 23.1 Å². The predicted molar refractivity (Wildman–Crippen MR) is 73.8 cm³/mol. The van der Waals surface area contributed by atoms with Gasteiger partial charge in [0.1, 0.15) is 0 Å². The van der Waals surface area contributed by atoms with Crippen LogP contribution in [0.2, 0.25) is 0 Å². The summed E-state index contributed by atoms with van der Waals surface area (Å²) in [4.78, 5) is 22.6. The number of rotatable bonds is 7. The third kappa shape index (κ3) is 5.37. The summed E-state index contributed by atoms with van der Waals surface area (Å²) >= 11 is 3.01. The molecule has 4 nitrogen and oxygen atoms in total. The van der Waals surface area contributed by atoms with Crippen LogP contribution >= 0.6 is 23.1 Å². The van der Waals surface area contributed by atoms with Gasteiger partial charge in [-0.3, -0.25) is 4.79 Å². The number of carbonyl (C=O) groups excluding carboxylic acids is 1. The first-order valence-electron chi connectivity index (χ1n) is 5.34. The zero-order valence-electron chi connectivity index (χ0n) is 9.92. The SMILES string of the molecule is CCOC(=O)CSCc1sccc1C=CC(=O)O. The largest absolute Gasteiger partial charge is 0.478 e. The van der Waals surface area contributed by atoms with Crippen LogP contribution in [0.5, 0.6) is 0 Å². The molecule has 0 unspecified atom stereocenters. The minimum Gasteiger partial charge on any atom is -0.478 e. The van der Waals surface area contributed by atoms with Crippen molar-refractivity contribution in [3.8, 4) is 0 Å². The Kier molecular flexibility index (Phi) is 6.53. The Hall–Kier alpha value is -1.27. The molecule has 0 atom stereocenters. The molecule has 0 spiro atoms. The van der Waals surface area contributed by atoms with Gasteiger partial charge in [0.25, 0.3) is 0 Å². The molecule has 1 N–H and O–H groups in total. The summed E-state index contributed by atoms with van der Waals surface area (Å²) < 4.78 is 4.82. The van der Waals surface area contributed by atoms with E-state index in [0.717, 1.165) is 16.5 Å². The molecule has 0 fully saturated rings. The second kappa shape index (κ2) is 7.94. The van der Waals surface area contributed by atoms with Crippen LogP contribution in [0.25, 0.3) is 6.08 Å². The van der Waals surface area contributed by atoms with Crippen molar-refractivity contribution in [3.05, 3.63) is 28.0 Å². The second-order valence-electron chi connectivity index (χ2n) is 3.27. The lowest BCUT2D eigenvalue weighted by Crippen LogP contribution is -2.06. The lowest BCUT2D eigenvalue weighted by molar-refractivity contribution is -0.139. The molecule has 0 saturated heterocycles. The summed E-state index contributed by atoms with van der Waals surface area (Å²) in [5, 5.41) is 10.5. The first-order chi connectivity index (χ1) is 8.63. The lowest BCUT2D eigenvalue weighted by Gasteiger charge is -2.01. The number of thioether (sulfide) groups is 1. The fourth-order valence-electron chi connectivity index (χ4n) is 1.21. The van der Waals surface area contributed by atoms with Gasteiger partial charge in [0.15, 0.2) is 0 Å². The van der Waals surface area contributed by atoms with E-state index >= 15 is 0 Å². The van der Waals surface area contributed by atoms with Crippen molar-refractivity contribution >= 4 is 41.1 Å². The summed E-state index contributed by atoms with van der Waals surface area (Å²) in [6, 6.07) is 1.87. The Bertz CT molecular complexity index is 437. The normalized spacial score (nSPS) is 10.7. The number of hydrogen-bond acceptors (Lipinski definition) is 5. The molecular formula is C12H14O4S2. The van der Waals surface area contributed by atoms with Crippen molar-refractivity contribution in [2.24, 2.45) is 0 Å². The average Bonchev–Trinajstić information content (AvgIpc) is 2.74. The number of carboxylic acid groups (broad SMARTS) is 1. The van der Waals surface area contributed by atoms with Crippen molar-refractivity contribution in [3.63, 3.8) is 0 Å². The van der Waals surface area contributed by atoms with E-state index in [1.54, 1.807) is 24.3 Å². The van der Waals surface area contributed by atoms with E-state index in [-0.39, 0.29) is 5.97 Å². The Morgan fingerprint density at radius 2 is 2.33 bits per heavy atom. The number of ether oxygens (including phenoxy) is 1. The average molecular weight is 286 g/mol. The van der Waals surface area contributed by atoms with Gasteiger partial charge in [-0.25, -0.2) is 4.79 Å². The van der Waals surface area contributed by atoms with Crippen molar-refractivity contribution in [2.45, 2.75) is 12.7 Å². The molecule has 0 aromatic carbocycles. The minimum absolute atomic E-state index is 0.221. The lowest BCUT2D eigenvalue weighted by atomic mass is 10.2. The van der Waals surface area contributed by atoms with E-state index < -0.39 is 5.97 Å². The number of carboxylic acids is 1. The maximum absolute atomic E-state index is 11.1. The molecule has 0 radical (unpaired) electrons. The van der Waals surface area contributed by atoms with Gasteiger partial charge >= 0.3 is 11.9 Å². The smallest absolute Gasteiger partial charge is 0.328 e. The second-order valence-corrected chi connectivity index (χ2v) is 5.25. The quantitative estimate of drug-likeness (QED) is 0.616. The van der Waals surface area contributed by atoms with Crippen molar-refractivity contribution < 1.29 is 19.4 Å². The van der Waals surface area contributed by atoms with Crippen LogP contribution in [0, 0.1) is 0 Å². The van der Waals surface area contributed by atoms with Crippen LogP contribution in [-0.2, 0) is 20.1 Å². The number of hydrogen-bond donors (Lipinski definition) is 1. The Morgan fingerprint density at radius 3 is 3.00 bits per heavy atom. The van der Waals surface area contributed by atoms with Crippen LogP contribution in [0.1, 0.15) is 17.4 Å². The van der Waals surface area contributed by atoms with Gasteiger partial charge in [0.2, 0.25) is 0 Å². The molecule has 0 amide bonds. The zero-order chi connectivity index (χ0) is 13.4. The zero-order valence-corrected chi connectivity index (χ0v) is 11.6. The molecule has 98 valence electrons. The van der Waals surface area contributed by atoms with E-state index in [9.17, 15) is 9.59 Å². The van der Waals surface area contributed by atoms with Gasteiger partial charge < -0.3 is 9.84 Å². The number of aliphatic carboxylic acids is 1. The molecule has 18 heavy (non-hydrogen) atoms. The van der Waals surface area contributed by atoms with Gasteiger partial charge in [-0.1, -0.05) is 0 Å². The molecule has 0 aliphatic rings. The van der Waals surface area contributed by atoms with Crippen LogP contribution in [0.15, 0.2) is 17.5 Å². The van der Waals surface area contributed by atoms with Crippen LogP contribution in [-0.4, -0.2) is 29.4 Å². The standard InChI is InChI=1S/C12H14O4S2/c1-2-16-12(15)8-17-7-10-9(5-6-18-10)3-4-11(13)14/h3-6H,2,7-8H2,1H3,(H,13,14). The highest BCUT2D eigenvalue weighted by atomic mass is 32.2. The van der Waals surface area contributed by atoms with Crippen LogP contribution in [0.4, 0.5) is 0 Å². The van der Waals surface area contributed by atoms with Crippen LogP contribution < -0.4 is 0 Å². The first-order valence-corrected chi connectivity index (χ1v) is 7.37. The number of carbonyl (C=O) groups is 2. The summed E-state index contributed by atoms with van der Waals surface area (Å²) in [6.07, 6.45) is 2.68. The highest BCUT2D eigenvalue weighted by Crippen LogP contribution is 2.23. The van der Waals surface area contributed by atoms with E-state index in [0.29, 0.717) is 18.1 Å². The highest BCUT2D eigenvalue weighted by Gasteiger charge is 2.05. The first kappa shape index (κ1) is 14.8. The molecule has 0 bridgehead atoms. The minimum atomic E-state index is -0.966. The van der Waals surface area contributed by atoms with E-state index in [4.69, 9.17) is 9.84 Å². The Balaban J connectivity index is 2.45. The van der Waals surface area contributed by atoms with Gasteiger partial charge in [-0.2, -0.15) is 0 Å². The molecule has 1 aromatic rings. The number of thiophene rings is 1. The van der Waals surface area contributed by atoms with Gasteiger partial charge in [0, 0.05) is 16.7 Å². The third-order valence-corrected chi connectivity index (χ3v) is 4.00. The van der Waals surface area contributed by atoms with Gasteiger partial charge in [-0.05, 0) is 30.0 Å². The highest BCUT2D eigenvalue weighted by molar-refractivity contribution is 7.99. The summed E-state index contributed by atoms with van der Waals surface area (Å²) in [5.41, 5.74) is 0.888. The molecule has 0 saturated carbocycles. The molecular weight excluding hydrogens is 272 g/mol. The van der Waals surface area contributed by atoms with E-state index in [1.807, 2.05) is 11.4 Å².